The van der Waals surface area contributed by atoms with Crippen molar-refractivity contribution in [1.29, 1.82) is 0 Å². The van der Waals surface area contributed by atoms with E-state index in [-0.39, 0.29) is 0 Å². The molecule has 4 rings (SSSR count). The number of ether oxygens (including phenoxy) is 2. The first-order valence-corrected chi connectivity index (χ1v) is 9.64. The van der Waals surface area contributed by atoms with E-state index in [2.05, 4.69) is 40.7 Å². The molecule has 0 atom stereocenters. The molecule has 1 heterocycles. The summed E-state index contributed by atoms with van der Waals surface area (Å²) in [7, 11) is 0. The SMILES string of the molecule is CCCOc1ccc(Oc2ccc(Cn3c(C)nc4ccccc43)cc2)cc1. The van der Waals surface area contributed by atoms with Gasteiger partial charge in [-0.1, -0.05) is 31.2 Å². The highest BCUT2D eigenvalue weighted by molar-refractivity contribution is 5.75. The Hall–Kier alpha value is -3.27. The van der Waals surface area contributed by atoms with Gasteiger partial charge in [0.15, 0.2) is 0 Å². The Labute approximate surface area is 165 Å². The first kappa shape index (κ1) is 18.1. The van der Waals surface area contributed by atoms with Crippen LogP contribution in [0.25, 0.3) is 11.0 Å². The Kier molecular flexibility index (Phi) is 5.29. The van der Waals surface area contributed by atoms with Crippen LogP contribution in [0.5, 0.6) is 17.2 Å². The third-order valence-electron chi connectivity index (χ3n) is 4.64. The van der Waals surface area contributed by atoms with E-state index in [1.165, 1.54) is 5.56 Å². The summed E-state index contributed by atoms with van der Waals surface area (Å²) < 4.78 is 13.8. The first-order valence-electron chi connectivity index (χ1n) is 9.64. The number of benzene rings is 3. The lowest BCUT2D eigenvalue weighted by Crippen LogP contribution is -2.01. The Balaban J connectivity index is 1.44. The van der Waals surface area contributed by atoms with Gasteiger partial charge in [-0.25, -0.2) is 4.98 Å². The average molecular weight is 372 g/mol. The first-order chi connectivity index (χ1) is 13.7. The Morgan fingerprint density at radius 1 is 0.821 bits per heavy atom. The van der Waals surface area contributed by atoms with Crippen molar-refractivity contribution < 1.29 is 9.47 Å². The summed E-state index contributed by atoms with van der Waals surface area (Å²) >= 11 is 0. The van der Waals surface area contributed by atoms with Gasteiger partial charge in [0.2, 0.25) is 0 Å². The van der Waals surface area contributed by atoms with Crippen LogP contribution in [0, 0.1) is 6.92 Å². The molecule has 4 nitrogen and oxygen atoms in total. The number of nitrogens with zero attached hydrogens (tertiary/aromatic N) is 2. The highest BCUT2D eigenvalue weighted by Gasteiger charge is 2.07. The van der Waals surface area contributed by atoms with Gasteiger partial charge in [0.25, 0.3) is 0 Å². The molecule has 0 fully saturated rings. The predicted octanol–water partition coefficient (Wildman–Crippen LogP) is 5.97. The lowest BCUT2D eigenvalue weighted by molar-refractivity contribution is 0.317. The molecule has 28 heavy (non-hydrogen) atoms. The monoisotopic (exact) mass is 372 g/mol. The van der Waals surface area contributed by atoms with Gasteiger partial charge in [-0.15, -0.1) is 0 Å². The van der Waals surface area contributed by atoms with Gasteiger partial charge in [0.05, 0.1) is 17.6 Å². The summed E-state index contributed by atoms with van der Waals surface area (Å²) in [6.07, 6.45) is 0.999. The fourth-order valence-corrected chi connectivity index (χ4v) is 3.20. The van der Waals surface area contributed by atoms with Crippen LogP contribution in [-0.4, -0.2) is 16.2 Å². The maximum Gasteiger partial charge on any atom is 0.127 e. The Morgan fingerprint density at radius 2 is 1.46 bits per heavy atom. The summed E-state index contributed by atoms with van der Waals surface area (Å²) in [5.74, 6) is 3.51. The number of aryl methyl sites for hydroxylation is 1. The summed E-state index contributed by atoms with van der Waals surface area (Å²) in [4.78, 5) is 4.64. The molecule has 0 bridgehead atoms. The second-order valence-electron chi connectivity index (χ2n) is 6.80. The van der Waals surface area contributed by atoms with E-state index in [4.69, 9.17) is 9.47 Å². The Bertz CT molecular complexity index is 1050. The minimum absolute atomic E-state index is 0.730. The van der Waals surface area contributed by atoms with Crippen molar-refractivity contribution in [3.8, 4) is 17.2 Å². The fourth-order valence-electron chi connectivity index (χ4n) is 3.20. The van der Waals surface area contributed by atoms with Crippen LogP contribution in [0.15, 0.2) is 72.8 Å². The van der Waals surface area contributed by atoms with E-state index < -0.39 is 0 Å². The number of hydrogen-bond acceptors (Lipinski definition) is 3. The average Bonchev–Trinajstić information content (AvgIpc) is 3.04. The molecule has 0 N–H and O–H groups in total. The number of imidazole rings is 1. The minimum Gasteiger partial charge on any atom is -0.494 e. The molecule has 0 aliphatic rings. The molecule has 4 aromatic rings. The number of rotatable bonds is 7. The standard InChI is InChI=1S/C24H24N2O2/c1-3-16-27-20-12-14-22(15-13-20)28-21-10-8-19(9-11-21)17-26-18(2)25-23-6-4-5-7-24(23)26/h4-15H,3,16-17H2,1-2H3. The molecular formula is C24H24N2O2. The van der Waals surface area contributed by atoms with Crippen LogP contribution in [0.4, 0.5) is 0 Å². The molecular weight excluding hydrogens is 348 g/mol. The van der Waals surface area contributed by atoms with Crippen molar-refractivity contribution >= 4 is 11.0 Å². The second-order valence-corrected chi connectivity index (χ2v) is 6.80. The minimum atomic E-state index is 0.730. The zero-order valence-corrected chi connectivity index (χ0v) is 16.3. The van der Waals surface area contributed by atoms with E-state index in [1.807, 2.05) is 55.5 Å². The van der Waals surface area contributed by atoms with E-state index in [1.54, 1.807) is 0 Å². The smallest absolute Gasteiger partial charge is 0.127 e. The number of para-hydroxylation sites is 2. The van der Waals surface area contributed by atoms with Gasteiger partial charge in [-0.3, -0.25) is 0 Å². The van der Waals surface area contributed by atoms with Gasteiger partial charge >= 0.3 is 0 Å². The zero-order chi connectivity index (χ0) is 19.3. The fraction of sp³-hybridized carbons (Fsp3) is 0.208. The zero-order valence-electron chi connectivity index (χ0n) is 16.3. The van der Waals surface area contributed by atoms with E-state index in [0.717, 1.165) is 53.7 Å². The summed E-state index contributed by atoms with van der Waals surface area (Å²) in [5.41, 5.74) is 3.40. The summed E-state index contributed by atoms with van der Waals surface area (Å²) in [6.45, 7) is 5.66. The summed E-state index contributed by atoms with van der Waals surface area (Å²) in [5, 5.41) is 0. The molecule has 4 heteroatoms. The molecule has 0 amide bonds. The van der Waals surface area contributed by atoms with Crippen LogP contribution in [0.2, 0.25) is 0 Å². The van der Waals surface area contributed by atoms with Crippen LogP contribution in [0.1, 0.15) is 24.7 Å². The van der Waals surface area contributed by atoms with Crippen molar-refractivity contribution in [1.82, 2.24) is 9.55 Å². The molecule has 3 aromatic carbocycles. The van der Waals surface area contributed by atoms with E-state index in [9.17, 15) is 0 Å². The maximum absolute atomic E-state index is 5.95. The molecule has 0 spiro atoms. The molecule has 1 aromatic heterocycles. The largest absolute Gasteiger partial charge is 0.494 e. The second kappa shape index (κ2) is 8.17. The molecule has 0 unspecified atom stereocenters. The van der Waals surface area contributed by atoms with Gasteiger partial charge < -0.3 is 14.0 Å². The normalized spacial score (nSPS) is 10.9. The highest BCUT2D eigenvalue weighted by atomic mass is 16.5. The molecule has 0 saturated heterocycles. The van der Waals surface area contributed by atoms with Crippen LogP contribution >= 0.6 is 0 Å². The van der Waals surface area contributed by atoms with Crippen LogP contribution in [-0.2, 0) is 6.54 Å². The molecule has 0 aliphatic heterocycles. The van der Waals surface area contributed by atoms with Crippen molar-refractivity contribution in [2.45, 2.75) is 26.8 Å². The van der Waals surface area contributed by atoms with Crippen molar-refractivity contribution in [2.24, 2.45) is 0 Å². The lowest BCUT2D eigenvalue weighted by atomic mass is 10.2. The van der Waals surface area contributed by atoms with Crippen molar-refractivity contribution in [3.63, 3.8) is 0 Å². The Morgan fingerprint density at radius 3 is 2.18 bits per heavy atom. The quantitative estimate of drug-likeness (QED) is 0.401. The van der Waals surface area contributed by atoms with Crippen molar-refractivity contribution in [2.75, 3.05) is 6.61 Å². The van der Waals surface area contributed by atoms with Crippen LogP contribution < -0.4 is 9.47 Å². The van der Waals surface area contributed by atoms with Gasteiger partial charge in [-0.2, -0.15) is 0 Å². The molecule has 0 saturated carbocycles. The molecule has 0 aliphatic carbocycles. The number of fused-ring (bicyclic) bond motifs is 1. The number of hydrogen-bond donors (Lipinski definition) is 0. The van der Waals surface area contributed by atoms with E-state index >= 15 is 0 Å². The lowest BCUT2D eigenvalue weighted by Gasteiger charge is -2.10. The van der Waals surface area contributed by atoms with Gasteiger partial charge in [-0.05, 0) is 67.4 Å². The summed E-state index contributed by atoms with van der Waals surface area (Å²) in [6, 6.07) is 24.2. The van der Waals surface area contributed by atoms with Gasteiger partial charge in [0.1, 0.15) is 23.1 Å². The third-order valence-corrected chi connectivity index (χ3v) is 4.64. The van der Waals surface area contributed by atoms with Crippen LogP contribution in [0.3, 0.4) is 0 Å². The van der Waals surface area contributed by atoms with Gasteiger partial charge in [0, 0.05) is 6.54 Å². The third kappa shape index (κ3) is 4.01. The predicted molar refractivity (Wildman–Crippen MR) is 112 cm³/mol. The van der Waals surface area contributed by atoms with Crippen molar-refractivity contribution in [3.05, 3.63) is 84.2 Å². The maximum atomic E-state index is 5.95. The number of aromatic nitrogens is 2. The molecule has 0 radical (unpaired) electrons. The topological polar surface area (TPSA) is 36.3 Å². The molecule has 142 valence electrons. The van der Waals surface area contributed by atoms with E-state index in [0.29, 0.717) is 0 Å². The highest BCUT2D eigenvalue weighted by Crippen LogP contribution is 2.25.